The first-order chi connectivity index (χ1) is 22.4. The number of hydrogen-bond donors (Lipinski definition) is 0. The summed E-state index contributed by atoms with van der Waals surface area (Å²) in [6.07, 6.45) is 0. The zero-order valence-electron chi connectivity index (χ0n) is 26.4. The molecule has 1 heterocycles. The van der Waals surface area contributed by atoms with Crippen molar-refractivity contribution in [3.8, 4) is 22.5 Å². The SMILES string of the molecule is CC(C)(C)c1c(-c2cccc(N(c3ccc(-c4cccc5ccccc45)cc3)c3ccc4ccccc4c3)c2)oc2ccccc12. The minimum absolute atomic E-state index is 0.0899. The average molecular weight is 594 g/mol. The summed E-state index contributed by atoms with van der Waals surface area (Å²) in [7, 11) is 0. The van der Waals surface area contributed by atoms with Gasteiger partial charge in [-0.15, -0.1) is 0 Å². The third-order valence-corrected chi connectivity index (χ3v) is 8.93. The lowest BCUT2D eigenvalue weighted by molar-refractivity contribution is 0.568. The summed E-state index contributed by atoms with van der Waals surface area (Å²) in [6.45, 7) is 6.78. The lowest BCUT2D eigenvalue weighted by Gasteiger charge is -2.27. The Morgan fingerprint density at radius 2 is 1.09 bits per heavy atom. The van der Waals surface area contributed by atoms with Crippen molar-refractivity contribution in [1.82, 2.24) is 0 Å². The van der Waals surface area contributed by atoms with E-state index in [-0.39, 0.29) is 5.41 Å². The van der Waals surface area contributed by atoms with Gasteiger partial charge in [0.25, 0.3) is 0 Å². The predicted molar refractivity (Wildman–Crippen MR) is 195 cm³/mol. The summed E-state index contributed by atoms with van der Waals surface area (Å²) >= 11 is 0. The minimum Gasteiger partial charge on any atom is -0.456 e. The Morgan fingerprint density at radius 1 is 0.457 bits per heavy atom. The van der Waals surface area contributed by atoms with Gasteiger partial charge >= 0.3 is 0 Å². The molecule has 2 nitrogen and oxygen atoms in total. The van der Waals surface area contributed by atoms with Crippen LogP contribution in [0.25, 0.3) is 55.0 Å². The molecule has 0 unspecified atom stereocenters. The second kappa shape index (κ2) is 11.1. The fourth-order valence-corrected chi connectivity index (χ4v) is 6.81. The normalized spacial score (nSPS) is 11.8. The maximum atomic E-state index is 6.60. The Balaban J connectivity index is 1.28. The van der Waals surface area contributed by atoms with Gasteiger partial charge in [-0.05, 0) is 80.6 Å². The molecule has 0 spiro atoms. The van der Waals surface area contributed by atoms with Crippen molar-refractivity contribution in [3.05, 3.63) is 163 Å². The molecule has 46 heavy (non-hydrogen) atoms. The van der Waals surface area contributed by atoms with E-state index < -0.39 is 0 Å². The Labute approximate surface area is 270 Å². The fourth-order valence-electron chi connectivity index (χ4n) is 6.81. The Bertz CT molecular complexity index is 2350. The van der Waals surface area contributed by atoms with Crippen LogP contribution in [0.4, 0.5) is 17.1 Å². The lowest BCUT2D eigenvalue weighted by atomic mass is 9.83. The quantitative estimate of drug-likeness (QED) is 0.197. The molecule has 0 aliphatic carbocycles. The smallest absolute Gasteiger partial charge is 0.139 e. The molecule has 0 N–H and O–H groups in total. The van der Waals surface area contributed by atoms with Crippen LogP contribution in [0.3, 0.4) is 0 Å². The van der Waals surface area contributed by atoms with Crippen LogP contribution in [-0.4, -0.2) is 0 Å². The molecule has 2 heteroatoms. The molecule has 7 aromatic carbocycles. The van der Waals surface area contributed by atoms with Gasteiger partial charge in [0.1, 0.15) is 11.3 Å². The second-order valence-electron chi connectivity index (χ2n) is 13.0. The molecule has 0 saturated heterocycles. The molecule has 0 aliphatic rings. The van der Waals surface area contributed by atoms with E-state index >= 15 is 0 Å². The van der Waals surface area contributed by atoms with Crippen molar-refractivity contribution >= 4 is 49.6 Å². The van der Waals surface area contributed by atoms with Gasteiger partial charge in [0.05, 0.1) is 0 Å². The number of furan rings is 1. The van der Waals surface area contributed by atoms with Crippen molar-refractivity contribution in [1.29, 1.82) is 0 Å². The zero-order valence-corrected chi connectivity index (χ0v) is 26.4. The minimum atomic E-state index is -0.0899. The molecule has 8 aromatic rings. The van der Waals surface area contributed by atoms with Crippen LogP contribution < -0.4 is 4.90 Å². The summed E-state index contributed by atoms with van der Waals surface area (Å²) in [6, 6.07) is 56.5. The number of nitrogens with zero attached hydrogens (tertiary/aromatic N) is 1. The van der Waals surface area contributed by atoms with Gasteiger partial charge in [-0.2, -0.15) is 0 Å². The van der Waals surface area contributed by atoms with Crippen LogP contribution in [0, 0.1) is 0 Å². The maximum Gasteiger partial charge on any atom is 0.139 e. The Morgan fingerprint density at radius 3 is 1.89 bits per heavy atom. The highest BCUT2D eigenvalue weighted by Gasteiger charge is 2.26. The number of anilines is 3. The molecule has 0 amide bonds. The zero-order chi connectivity index (χ0) is 31.3. The highest BCUT2D eigenvalue weighted by molar-refractivity contribution is 5.97. The highest BCUT2D eigenvalue weighted by atomic mass is 16.3. The predicted octanol–water partition coefficient (Wildman–Crippen LogP) is 12.8. The first kappa shape index (κ1) is 27.9. The van der Waals surface area contributed by atoms with Crippen LogP contribution >= 0.6 is 0 Å². The van der Waals surface area contributed by atoms with Crippen molar-refractivity contribution in [2.24, 2.45) is 0 Å². The van der Waals surface area contributed by atoms with Crippen LogP contribution in [-0.2, 0) is 5.41 Å². The average Bonchev–Trinajstić information content (AvgIpc) is 3.50. The number of rotatable bonds is 5. The molecule has 0 radical (unpaired) electrons. The third-order valence-electron chi connectivity index (χ3n) is 8.93. The van der Waals surface area contributed by atoms with Crippen LogP contribution in [0.2, 0.25) is 0 Å². The molecular formula is C44H35NO. The molecule has 0 atom stereocenters. The van der Waals surface area contributed by atoms with E-state index in [0.29, 0.717) is 0 Å². The van der Waals surface area contributed by atoms with Crippen molar-refractivity contribution < 1.29 is 4.42 Å². The monoisotopic (exact) mass is 593 g/mol. The van der Waals surface area contributed by atoms with Gasteiger partial charge < -0.3 is 9.32 Å². The van der Waals surface area contributed by atoms with Crippen LogP contribution in [0.5, 0.6) is 0 Å². The summed E-state index contributed by atoms with van der Waals surface area (Å²) in [5, 5.41) is 6.12. The Hall–Kier alpha value is -5.60. The summed E-state index contributed by atoms with van der Waals surface area (Å²) in [4.78, 5) is 2.35. The van der Waals surface area contributed by atoms with Crippen LogP contribution in [0.1, 0.15) is 26.3 Å². The van der Waals surface area contributed by atoms with Gasteiger partial charge in [-0.1, -0.05) is 136 Å². The Kier molecular flexibility index (Phi) is 6.73. The third kappa shape index (κ3) is 4.93. The standard InChI is InChI=1S/C44H35NO/c1-44(2,3)42-40-19-8-9-21-41(40)46-43(42)34-16-10-17-36(29-34)45(37-27-22-30-12-4-5-14-33(30)28-37)35-25-23-32(24-26-35)39-20-11-15-31-13-6-7-18-38(31)39/h4-29H,1-3H3. The first-order valence-electron chi connectivity index (χ1n) is 15.9. The van der Waals surface area contributed by atoms with Gasteiger partial charge in [0.15, 0.2) is 0 Å². The highest BCUT2D eigenvalue weighted by Crippen LogP contribution is 2.44. The first-order valence-corrected chi connectivity index (χ1v) is 15.9. The summed E-state index contributed by atoms with van der Waals surface area (Å²) in [5.74, 6) is 0.931. The number of para-hydroxylation sites is 1. The topological polar surface area (TPSA) is 16.4 Å². The number of hydrogen-bond acceptors (Lipinski definition) is 2. The largest absolute Gasteiger partial charge is 0.456 e. The molecular weight excluding hydrogens is 558 g/mol. The van der Waals surface area contributed by atoms with Gasteiger partial charge in [0, 0.05) is 33.6 Å². The summed E-state index contributed by atoms with van der Waals surface area (Å²) in [5.41, 5.74) is 8.84. The molecule has 1 aromatic heterocycles. The fraction of sp³-hybridized carbons (Fsp3) is 0.0909. The van der Waals surface area contributed by atoms with Gasteiger partial charge in [0.2, 0.25) is 0 Å². The van der Waals surface area contributed by atoms with E-state index in [2.05, 4.69) is 177 Å². The van der Waals surface area contributed by atoms with Crippen molar-refractivity contribution in [2.45, 2.75) is 26.2 Å². The van der Waals surface area contributed by atoms with E-state index in [0.717, 1.165) is 34.0 Å². The maximum absolute atomic E-state index is 6.60. The molecule has 222 valence electrons. The van der Waals surface area contributed by atoms with E-state index in [9.17, 15) is 0 Å². The van der Waals surface area contributed by atoms with Crippen molar-refractivity contribution in [3.63, 3.8) is 0 Å². The lowest BCUT2D eigenvalue weighted by Crippen LogP contribution is -2.12. The van der Waals surface area contributed by atoms with Gasteiger partial charge in [-0.3, -0.25) is 0 Å². The van der Waals surface area contributed by atoms with E-state index in [1.807, 2.05) is 6.07 Å². The molecule has 0 bridgehead atoms. The van der Waals surface area contributed by atoms with Crippen molar-refractivity contribution in [2.75, 3.05) is 4.90 Å². The molecule has 0 aliphatic heterocycles. The van der Waals surface area contributed by atoms with E-state index in [1.54, 1.807) is 0 Å². The van der Waals surface area contributed by atoms with E-state index in [4.69, 9.17) is 4.42 Å². The van der Waals surface area contributed by atoms with E-state index in [1.165, 1.54) is 43.6 Å². The molecule has 0 saturated carbocycles. The van der Waals surface area contributed by atoms with Gasteiger partial charge in [-0.25, -0.2) is 0 Å². The molecule has 8 rings (SSSR count). The summed E-state index contributed by atoms with van der Waals surface area (Å²) < 4.78 is 6.60. The molecule has 0 fully saturated rings. The number of benzene rings is 7. The number of fused-ring (bicyclic) bond motifs is 3. The second-order valence-corrected chi connectivity index (χ2v) is 13.0. The van der Waals surface area contributed by atoms with Crippen LogP contribution in [0.15, 0.2) is 162 Å².